The number of hydrogen-bond donors (Lipinski definition) is 2. The third kappa shape index (κ3) is 4.47. The smallest absolute Gasteiger partial charge is 0.273 e. The van der Waals surface area contributed by atoms with Gasteiger partial charge in [0.1, 0.15) is 11.9 Å². The Morgan fingerprint density at radius 2 is 2.09 bits per heavy atom. The number of aromatic nitrogens is 3. The van der Waals surface area contributed by atoms with Crippen molar-refractivity contribution >= 4 is 16.9 Å². The summed E-state index contributed by atoms with van der Waals surface area (Å²) in [5.41, 5.74) is 2.81. The molecule has 2 fully saturated rings. The van der Waals surface area contributed by atoms with E-state index in [9.17, 15) is 14.0 Å². The molecular formula is C23H24FN5O3. The minimum absolute atomic E-state index is 0.0989. The highest BCUT2D eigenvalue weighted by Gasteiger charge is 2.27. The molecule has 166 valence electrons. The van der Waals surface area contributed by atoms with Crippen molar-refractivity contribution in [2.24, 2.45) is 0 Å². The number of carbonyl (C=O) groups is 1. The number of amides is 1. The highest BCUT2D eigenvalue weighted by atomic mass is 19.1. The van der Waals surface area contributed by atoms with Gasteiger partial charge in [-0.1, -0.05) is 0 Å². The fourth-order valence-corrected chi connectivity index (χ4v) is 3.93. The van der Waals surface area contributed by atoms with E-state index in [0.717, 1.165) is 42.4 Å². The molecule has 3 aromatic heterocycles. The molecular weight excluding hydrogens is 413 g/mol. The molecule has 1 aliphatic heterocycles. The van der Waals surface area contributed by atoms with Crippen molar-refractivity contribution in [3.8, 4) is 5.75 Å². The van der Waals surface area contributed by atoms with Gasteiger partial charge in [0.2, 0.25) is 0 Å². The SMILES string of the molecule is Cc1cc2ncc(CN3CC[C@@H](Oc4cnc(C(=O)NC5CC5)c(F)c4)C3)cc2[nH]c1=O. The van der Waals surface area contributed by atoms with Crippen LogP contribution in [0, 0.1) is 12.7 Å². The molecule has 1 aliphatic carbocycles. The number of fused-ring (bicyclic) bond motifs is 1. The summed E-state index contributed by atoms with van der Waals surface area (Å²) in [5.74, 6) is -0.844. The number of aryl methyl sites for hydroxylation is 1. The topological polar surface area (TPSA) is 100 Å². The molecule has 2 aliphatic rings. The molecule has 0 spiro atoms. The molecule has 5 rings (SSSR count). The van der Waals surface area contributed by atoms with Gasteiger partial charge in [0.05, 0.1) is 17.2 Å². The number of pyridine rings is 3. The summed E-state index contributed by atoms with van der Waals surface area (Å²) in [6.07, 6.45) is 5.78. The first-order chi connectivity index (χ1) is 15.4. The first kappa shape index (κ1) is 20.6. The Bertz CT molecular complexity index is 1240. The molecule has 0 unspecified atom stereocenters. The summed E-state index contributed by atoms with van der Waals surface area (Å²) in [6, 6.07) is 5.10. The van der Waals surface area contributed by atoms with Crippen molar-refractivity contribution < 1.29 is 13.9 Å². The Labute approximate surface area is 183 Å². The second-order valence-corrected chi connectivity index (χ2v) is 8.57. The van der Waals surface area contributed by atoms with Crippen LogP contribution in [-0.2, 0) is 6.54 Å². The first-order valence-corrected chi connectivity index (χ1v) is 10.8. The Morgan fingerprint density at radius 3 is 2.88 bits per heavy atom. The fourth-order valence-electron chi connectivity index (χ4n) is 3.93. The van der Waals surface area contributed by atoms with Gasteiger partial charge < -0.3 is 15.0 Å². The van der Waals surface area contributed by atoms with Crippen molar-refractivity contribution in [2.75, 3.05) is 13.1 Å². The van der Waals surface area contributed by atoms with Gasteiger partial charge in [-0.25, -0.2) is 9.37 Å². The van der Waals surface area contributed by atoms with Gasteiger partial charge in [-0.15, -0.1) is 0 Å². The quantitative estimate of drug-likeness (QED) is 0.614. The average molecular weight is 437 g/mol. The lowest BCUT2D eigenvalue weighted by atomic mass is 10.2. The zero-order chi connectivity index (χ0) is 22.2. The van der Waals surface area contributed by atoms with E-state index in [2.05, 4.69) is 25.2 Å². The monoisotopic (exact) mass is 437 g/mol. The second-order valence-electron chi connectivity index (χ2n) is 8.57. The van der Waals surface area contributed by atoms with Crippen molar-refractivity contribution in [3.63, 3.8) is 0 Å². The van der Waals surface area contributed by atoms with Gasteiger partial charge in [0.25, 0.3) is 11.5 Å². The van der Waals surface area contributed by atoms with Gasteiger partial charge in [-0.2, -0.15) is 0 Å². The standard InChI is InChI=1S/C23H24FN5O3/c1-13-6-19-20(28-22(13)30)7-14(9-25-19)11-29-5-4-16(12-29)32-17-8-18(24)21(26-10-17)23(31)27-15-2-3-15/h6-10,15-16H,2-5,11-12H2,1H3,(H,27,31)(H,28,30)/t16-/m1/s1. The third-order valence-electron chi connectivity index (χ3n) is 5.82. The number of H-pyrrole nitrogens is 1. The van der Waals surface area contributed by atoms with Crippen molar-refractivity contribution in [2.45, 2.75) is 44.9 Å². The maximum Gasteiger partial charge on any atom is 0.273 e. The van der Waals surface area contributed by atoms with Gasteiger partial charge >= 0.3 is 0 Å². The van der Waals surface area contributed by atoms with E-state index in [-0.39, 0.29) is 23.4 Å². The van der Waals surface area contributed by atoms with E-state index in [1.807, 2.05) is 12.3 Å². The van der Waals surface area contributed by atoms with Crippen LogP contribution in [0.4, 0.5) is 4.39 Å². The molecule has 1 saturated carbocycles. The van der Waals surface area contributed by atoms with Crippen LogP contribution in [0.5, 0.6) is 5.75 Å². The highest BCUT2D eigenvalue weighted by Crippen LogP contribution is 2.23. The van der Waals surface area contributed by atoms with Crippen LogP contribution in [0.3, 0.4) is 0 Å². The number of rotatable bonds is 6. The molecule has 3 aromatic rings. The van der Waals surface area contributed by atoms with E-state index in [1.165, 1.54) is 12.3 Å². The predicted molar refractivity (Wildman–Crippen MR) is 116 cm³/mol. The summed E-state index contributed by atoms with van der Waals surface area (Å²) in [5, 5.41) is 2.74. The number of hydrogen-bond acceptors (Lipinski definition) is 6. The van der Waals surface area contributed by atoms with E-state index in [4.69, 9.17) is 4.74 Å². The molecule has 0 aromatic carbocycles. The number of halogens is 1. The molecule has 0 bridgehead atoms. The molecule has 1 amide bonds. The minimum Gasteiger partial charge on any atom is -0.487 e. The molecule has 4 heterocycles. The molecule has 1 saturated heterocycles. The number of carbonyl (C=O) groups excluding carboxylic acids is 1. The van der Waals surface area contributed by atoms with Gasteiger partial charge in [-0.05, 0) is 43.9 Å². The second kappa shape index (κ2) is 8.31. The zero-order valence-corrected chi connectivity index (χ0v) is 17.7. The fraction of sp³-hybridized carbons (Fsp3) is 0.391. The number of aromatic amines is 1. The van der Waals surface area contributed by atoms with E-state index >= 15 is 0 Å². The normalized spacial score (nSPS) is 18.8. The molecule has 1 atom stereocenters. The van der Waals surface area contributed by atoms with Crippen molar-refractivity contribution in [1.29, 1.82) is 0 Å². The lowest BCUT2D eigenvalue weighted by Crippen LogP contribution is -2.27. The Hall–Kier alpha value is -3.33. The van der Waals surface area contributed by atoms with Gasteiger partial charge in [0.15, 0.2) is 11.5 Å². The minimum atomic E-state index is -0.679. The van der Waals surface area contributed by atoms with Crippen LogP contribution in [-0.4, -0.2) is 51.0 Å². The van der Waals surface area contributed by atoms with E-state index < -0.39 is 11.7 Å². The summed E-state index contributed by atoms with van der Waals surface area (Å²) < 4.78 is 20.3. The number of nitrogens with zero attached hydrogens (tertiary/aromatic N) is 3. The van der Waals surface area contributed by atoms with Crippen LogP contribution in [0.25, 0.3) is 11.0 Å². The highest BCUT2D eigenvalue weighted by molar-refractivity contribution is 5.93. The largest absolute Gasteiger partial charge is 0.487 e. The van der Waals surface area contributed by atoms with E-state index in [0.29, 0.717) is 24.4 Å². The molecule has 8 nitrogen and oxygen atoms in total. The van der Waals surface area contributed by atoms with Crippen LogP contribution in [0.15, 0.2) is 35.4 Å². The Morgan fingerprint density at radius 1 is 1.25 bits per heavy atom. The molecule has 2 N–H and O–H groups in total. The summed E-state index contributed by atoms with van der Waals surface area (Å²) in [4.78, 5) is 37.4. The lowest BCUT2D eigenvalue weighted by Gasteiger charge is -2.17. The van der Waals surface area contributed by atoms with Gasteiger partial charge in [0, 0.05) is 43.5 Å². The van der Waals surface area contributed by atoms with Crippen LogP contribution < -0.4 is 15.6 Å². The Kier molecular flexibility index (Phi) is 5.34. The summed E-state index contributed by atoms with van der Waals surface area (Å²) in [6.45, 7) is 3.93. The lowest BCUT2D eigenvalue weighted by molar-refractivity contribution is 0.0941. The Balaban J connectivity index is 1.20. The van der Waals surface area contributed by atoms with Crippen molar-refractivity contribution in [3.05, 3.63) is 63.6 Å². The number of likely N-dealkylation sites (tertiary alicyclic amines) is 1. The predicted octanol–water partition coefficient (Wildman–Crippen LogP) is 2.31. The molecule has 0 radical (unpaired) electrons. The number of nitrogens with one attached hydrogen (secondary N) is 2. The molecule has 9 heteroatoms. The maximum absolute atomic E-state index is 14.3. The zero-order valence-electron chi connectivity index (χ0n) is 17.7. The van der Waals surface area contributed by atoms with Crippen molar-refractivity contribution in [1.82, 2.24) is 25.2 Å². The average Bonchev–Trinajstić information content (AvgIpc) is 3.46. The molecule has 32 heavy (non-hydrogen) atoms. The summed E-state index contributed by atoms with van der Waals surface area (Å²) in [7, 11) is 0. The third-order valence-corrected chi connectivity index (χ3v) is 5.82. The first-order valence-electron chi connectivity index (χ1n) is 10.8. The van der Waals surface area contributed by atoms with E-state index in [1.54, 1.807) is 13.0 Å². The van der Waals surface area contributed by atoms with Crippen LogP contribution in [0.1, 0.15) is 40.9 Å². The van der Waals surface area contributed by atoms with Crippen LogP contribution in [0.2, 0.25) is 0 Å². The van der Waals surface area contributed by atoms with Gasteiger partial charge in [-0.3, -0.25) is 19.5 Å². The number of ether oxygens (including phenoxy) is 1. The van der Waals surface area contributed by atoms with Crippen LogP contribution >= 0.6 is 0 Å². The summed E-state index contributed by atoms with van der Waals surface area (Å²) >= 11 is 0. The maximum atomic E-state index is 14.3.